The first-order chi connectivity index (χ1) is 7.99. The van der Waals surface area contributed by atoms with Crippen LogP contribution in [0.1, 0.15) is 45.3 Å². The van der Waals surface area contributed by atoms with Crippen molar-refractivity contribution in [2.24, 2.45) is 0 Å². The summed E-state index contributed by atoms with van der Waals surface area (Å²) in [6, 6.07) is 0. The third-order valence-corrected chi connectivity index (χ3v) is 5.40. The first kappa shape index (κ1) is 13.5. The standard InChI is InChI=1S/C10H12Br3N2O2/c1-5-8(4-11)15(17)10-7(13)3-2-6(12)9(10)14(5)16/h6-7,16H,2-4H2,1H3/q+1/t6-,7+/m0/s1. The first-order valence-corrected chi connectivity index (χ1v) is 8.18. The maximum absolute atomic E-state index is 12.3. The number of hydrogen-bond acceptors (Lipinski definition) is 2. The monoisotopic (exact) mass is 429 g/mol. The van der Waals surface area contributed by atoms with Crippen LogP contribution in [0.15, 0.2) is 0 Å². The molecule has 0 aliphatic heterocycles. The molecule has 2 atom stereocenters. The number of rotatable bonds is 1. The lowest BCUT2D eigenvalue weighted by molar-refractivity contribution is -0.516. The molecule has 0 fully saturated rings. The van der Waals surface area contributed by atoms with Gasteiger partial charge in [-0.2, -0.15) is 4.73 Å². The topological polar surface area (TPSA) is 48.1 Å². The van der Waals surface area contributed by atoms with E-state index in [1.54, 1.807) is 6.92 Å². The number of fused-ring (bicyclic) bond motifs is 1. The minimum absolute atomic E-state index is 0.0133. The quantitative estimate of drug-likeness (QED) is 0.420. The molecule has 2 rings (SSSR count). The molecule has 0 spiro atoms. The van der Waals surface area contributed by atoms with Crippen molar-refractivity contribution in [2.45, 2.75) is 34.7 Å². The molecule has 4 nitrogen and oxygen atoms in total. The molecule has 0 aromatic carbocycles. The molecule has 1 aromatic heterocycles. The predicted octanol–water partition coefficient (Wildman–Crippen LogP) is 3.51. The fourth-order valence-electron chi connectivity index (χ4n) is 2.11. The Kier molecular flexibility index (Phi) is 3.99. The van der Waals surface area contributed by atoms with E-state index in [1.165, 1.54) is 0 Å². The minimum atomic E-state index is -0.0133. The number of aromatic nitrogens is 2. The Bertz CT molecular complexity index is 515. The van der Waals surface area contributed by atoms with Crippen LogP contribution in [0.5, 0.6) is 0 Å². The minimum Gasteiger partial charge on any atom is -0.428 e. The molecule has 1 aliphatic rings. The highest BCUT2D eigenvalue weighted by molar-refractivity contribution is 9.09. The first-order valence-electron chi connectivity index (χ1n) is 5.23. The Labute approximate surface area is 124 Å². The van der Waals surface area contributed by atoms with E-state index in [0.717, 1.165) is 22.0 Å². The summed E-state index contributed by atoms with van der Waals surface area (Å²) < 4.78 is 2.06. The lowest BCUT2D eigenvalue weighted by atomic mass is 9.99. The fraction of sp³-hybridized carbons (Fsp3) is 0.600. The summed E-state index contributed by atoms with van der Waals surface area (Å²) in [5.41, 5.74) is 2.36. The van der Waals surface area contributed by atoms with Gasteiger partial charge in [-0.05, 0) is 19.8 Å². The second kappa shape index (κ2) is 5.01. The van der Waals surface area contributed by atoms with Gasteiger partial charge in [-0.3, -0.25) is 0 Å². The average Bonchev–Trinajstić information content (AvgIpc) is 2.30. The Balaban J connectivity index is 2.83. The van der Waals surface area contributed by atoms with Gasteiger partial charge in [-0.25, -0.2) is 0 Å². The largest absolute Gasteiger partial charge is 0.428 e. The van der Waals surface area contributed by atoms with Gasteiger partial charge in [-0.15, -0.1) is 0 Å². The fourth-order valence-corrected chi connectivity index (χ4v) is 4.12. The molecule has 0 saturated carbocycles. The lowest BCUT2D eigenvalue weighted by Gasteiger charge is -2.22. The second-order valence-electron chi connectivity index (χ2n) is 4.05. The summed E-state index contributed by atoms with van der Waals surface area (Å²) in [5.74, 6) is 0. The molecule has 1 aliphatic carbocycles. The predicted molar refractivity (Wildman–Crippen MR) is 74.9 cm³/mol. The SMILES string of the molecule is Cc1c(CBr)[n+](=O)c2c(n1O)[C@@H](Br)CC[C@H]2Br. The van der Waals surface area contributed by atoms with Crippen LogP contribution in [-0.4, -0.2) is 9.94 Å². The van der Waals surface area contributed by atoms with Crippen molar-refractivity contribution in [3.63, 3.8) is 0 Å². The second-order valence-corrected chi connectivity index (χ2v) is 6.83. The molecule has 1 N–H and O–H groups in total. The van der Waals surface area contributed by atoms with Gasteiger partial charge in [0, 0.05) is 4.91 Å². The van der Waals surface area contributed by atoms with Crippen molar-refractivity contribution in [3.05, 3.63) is 27.7 Å². The zero-order valence-corrected chi connectivity index (χ0v) is 13.9. The van der Waals surface area contributed by atoms with E-state index in [1.807, 2.05) is 0 Å². The van der Waals surface area contributed by atoms with Gasteiger partial charge in [0.2, 0.25) is 0 Å². The molecule has 0 radical (unpaired) electrons. The van der Waals surface area contributed by atoms with Gasteiger partial charge >= 0.3 is 0 Å². The van der Waals surface area contributed by atoms with Gasteiger partial charge in [0.1, 0.15) is 16.2 Å². The normalized spacial score (nSPS) is 23.5. The van der Waals surface area contributed by atoms with Crippen LogP contribution in [0.25, 0.3) is 0 Å². The molecular formula is C10H12Br3N2O2+. The van der Waals surface area contributed by atoms with E-state index in [9.17, 15) is 10.1 Å². The summed E-state index contributed by atoms with van der Waals surface area (Å²) in [6.45, 7) is 1.74. The summed E-state index contributed by atoms with van der Waals surface area (Å²) in [7, 11) is 0. The summed E-state index contributed by atoms with van der Waals surface area (Å²) in [5, 5.41) is 10.6. The highest BCUT2D eigenvalue weighted by Gasteiger charge is 2.38. The Hall–Kier alpha value is 0.120. The maximum Gasteiger partial charge on any atom is 0.277 e. The van der Waals surface area contributed by atoms with Crippen LogP contribution in [-0.2, 0) is 5.33 Å². The third kappa shape index (κ3) is 2.10. The van der Waals surface area contributed by atoms with Crippen molar-refractivity contribution in [1.82, 2.24) is 4.73 Å². The van der Waals surface area contributed by atoms with Crippen LogP contribution >= 0.6 is 47.8 Å². The molecule has 1 aromatic rings. The van der Waals surface area contributed by atoms with Gasteiger partial charge in [0.15, 0.2) is 0 Å². The average molecular weight is 432 g/mol. The molecule has 0 saturated heterocycles. The van der Waals surface area contributed by atoms with Crippen LogP contribution in [0.3, 0.4) is 0 Å². The maximum atomic E-state index is 12.3. The molecule has 17 heavy (non-hydrogen) atoms. The van der Waals surface area contributed by atoms with Crippen LogP contribution < -0.4 is 4.43 Å². The molecule has 0 amide bonds. The lowest BCUT2D eigenvalue weighted by Crippen LogP contribution is -2.36. The van der Waals surface area contributed by atoms with Gasteiger partial charge in [0.25, 0.3) is 11.4 Å². The Morgan fingerprint density at radius 1 is 1.41 bits per heavy atom. The smallest absolute Gasteiger partial charge is 0.277 e. The van der Waals surface area contributed by atoms with E-state index < -0.39 is 0 Å². The van der Waals surface area contributed by atoms with Crippen molar-refractivity contribution in [3.8, 4) is 0 Å². The number of halogens is 3. The molecule has 1 heterocycles. The van der Waals surface area contributed by atoms with Crippen LogP contribution in [0.4, 0.5) is 0 Å². The van der Waals surface area contributed by atoms with Crippen molar-refractivity contribution in [2.75, 3.05) is 0 Å². The molecule has 94 valence electrons. The van der Waals surface area contributed by atoms with Crippen LogP contribution in [0.2, 0.25) is 0 Å². The third-order valence-electron chi connectivity index (χ3n) is 3.08. The zero-order valence-electron chi connectivity index (χ0n) is 9.16. The number of nitrogens with zero attached hydrogens (tertiary/aromatic N) is 2. The van der Waals surface area contributed by atoms with E-state index in [4.69, 9.17) is 0 Å². The molecule has 0 unspecified atom stereocenters. The van der Waals surface area contributed by atoms with Gasteiger partial charge in [0.05, 0.1) is 14.6 Å². The number of hydrogen-bond donors (Lipinski definition) is 1. The molecular weight excluding hydrogens is 420 g/mol. The van der Waals surface area contributed by atoms with Crippen molar-refractivity contribution in [1.29, 1.82) is 0 Å². The Morgan fingerprint density at radius 2 is 2.00 bits per heavy atom. The van der Waals surface area contributed by atoms with E-state index >= 15 is 0 Å². The summed E-state index contributed by atoms with van der Waals surface area (Å²) in [6.07, 6.45) is 1.76. The molecule has 7 heteroatoms. The zero-order chi connectivity index (χ0) is 12.7. The van der Waals surface area contributed by atoms with Gasteiger partial charge < -0.3 is 5.21 Å². The van der Waals surface area contributed by atoms with Crippen molar-refractivity contribution < 1.29 is 9.63 Å². The highest BCUT2D eigenvalue weighted by atomic mass is 79.9. The molecule has 0 bridgehead atoms. The van der Waals surface area contributed by atoms with Crippen molar-refractivity contribution >= 4 is 47.8 Å². The summed E-state index contributed by atoms with van der Waals surface area (Å²) in [4.78, 5) is 12.3. The van der Waals surface area contributed by atoms with Gasteiger partial charge in [-0.1, -0.05) is 47.8 Å². The highest BCUT2D eigenvalue weighted by Crippen LogP contribution is 2.43. The number of alkyl halides is 3. The van der Waals surface area contributed by atoms with E-state index in [2.05, 4.69) is 47.8 Å². The van der Waals surface area contributed by atoms with Crippen LogP contribution in [0, 0.1) is 11.8 Å². The Morgan fingerprint density at radius 3 is 2.59 bits per heavy atom. The van der Waals surface area contributed by atoms with E-state index in [-0.39, 0.29) is 9.65 Å². The summed E-state index contributed by atoms with van der Waals surface area (Å²) >= 11 is 10.3. The van der Waals surface area contributed by atoms with E-state index in [0.29, 0.717) is 28.1 Å².